The second kappa shape index (κ2) is 11.9. The maximum atomic E-state index is 13.7. The molecule has 3 aromatic carbocycles. The number of β-amino-alcohol motifs (C(OH)–C–C–N with tert-alkyl or cyclic N) is 1. The molecule has 1 fully saturated rings. The molecular weight excluding hydrogens is 545 g/mol. The van der Waals surface area contributed by atoms with Crippen LogP contribution in [0.1, 0.15) is 5.56 Å². The number of nitrogens with one attached hydrogen (secondary N) is 1. The zero-order valence-corrected chi connectivity index (χ0v) is 23.6. The summed E-state index contributed by atoms with van der Waals surface area (Å²) in [6.07, 6.45) is 7.70. The van der Waals surface area contributed by atoms with E-state index in [-0.39, 0.29) is 18.5 Å². The molecule has 1 saturated heterocycles. The van der Waals surface area contributed by atoms with Gasteiger partial charge in [0, 0.05) is 55.0 Å². The number of ether oxygens (including phenoxy) is 1. The molecule has 43 heavy (non-hydrogen) atoms. The van der Waals surface area contributed by atoms with E-state index in [0.717, 1.165) is 69.6 Å². The highest BCUT2D eigenvalue weighted by molar-refractivity contribution is 5.94. The molecule has 1 atom stereocenters. The summed E-state index contributed by atoms with van der Waals surface area (Å²) in [5.74, 6) is 0.469. The summed E-state index contributed by atoms with van der Waals surface area (Å²) >= 11 is 0. The van der Waals surface area contributed by atoms with E-state index < -0.39 is 0 Å². The second-order valence-corrected chi connectivity index (χ2v) is 10.9. The lowest BCUT2D eigenvalue weighted by molar-refractivity contribution is -0.0394. The number of anilines is 2. The van der Waals surface area contributed by atoms with Crippen molar-refractivity contribution < 1.29 is 14.2 Å². The predicted octanol–water partition coefficient (Wildman–Crippen LogP) is 5.07. The minimum atomic E-state index is -0.251. The highest BCUT2D eigenvalue weighted by atomic mass is 19.1. The van der Waals surface area contributed by atoms with Crippen molar-refractivity contribution in [3.05, 3.63) is 103 Å². The molecule has 1 aliphatic heterocycles. The van der Waals surface area contributed by atoms with Gasteiger partial charge in [-0.25, -0.2) is 14.4 Å². The fourth-order valence-electron chi connectivity index (χ4n) is 5.77. The predicted molar refractivity (Wildman–Crippen MR) is 165 cm³/mol. The Hall–Kier alpha value is -4.64. The number of hydrogen-bond acceptors (Lipinski definition) is 7. The van der Waals surface area contributed by atoms with Gasteiger partial charge in [-0.05, 0) is 65.2 Å². The molecule has 3 aromatic heterocycles. The zero-order chi connectivity index (χ0) is 29.2. The largest absolute Gasteiger partial charge is 0.395 e. The van der Waals surface area contributed by atoms with E-state index in [1.165, 1.54) is 12.1 Å². The van der Waals surface area contributed by atoms with Crippen molar-refractivity contribution in [1.82, 2.24) is 29.2 Å². The van der Waals surface area contributed by atoms with Crippen molar-refractivity contribution >= 4 is 33.3 Å². The number of benzene rings is 3. The van der Waals surface area contributed by atoms with Crippen LogP contribution < -0.4 is 5.32 Å². The number of hydrogen-bond donors (Lipinski definition) is 2. The standard InChI is InChI=1S/C33H32FN7O2/c34-27-3-1-2-23(14-27)18-41-32-7-5-28(15-26(32)17-37-41)38-33-30-16-24(4-6-31(30)35-22-36-33)25-8-9-40(19-25)21-29-20-39(10-12-42)11-13-43-29/h1-9,14-17,19,22,29,42H,10-13,18,20-21H2,(H,35,36,38). The first kappa shape index (κ1) is 27.2. The second-order valence-electron chi connectivity index (χ2n) is 10.9. The molecule has 0 amide bonds. The maximum Gasteiger partial charge on any atom is 0.141 e. The van der Waals surface area contributed by atoms with Crippen LogP contribution in [0.4, 0.5) is 15.9 Å². The molecule has 0 spiro atoms. The summed E-state index contributed by atoms with van der Waals surface area (Å²) in [5, 5.41) is 19.2. The van der Waals surface area contributed by atoms with Crippen LogP contribution in [0, 0.1) is 5.82 Å². The van der Waals surface area contributed by atoms with E-state index in [9.17, 15) is 9.50 Å². The van der Waals surface area contributed by atoms with Gasteiger partial charge in [0.2, 0.25) is 0 Å². The highest BCUT2D eigenvalue weighted by Gasteiger charge is 2.20. The molecule has 0 bridgehead atoms. The molecular formula is C33H32FN7O2. The smallest absolute Gasteiger partial charge is 0.141 e. The Morgan fingerprint density at radius 3 is 2.88 bits per heavy atom. The first-order valence-electron chi connectivity index (χ1n) is 14.4. The molecule has 10 heteroatoms. The van der Waals surface area contributed by atoms with Gasteiger partial charge in [0.15, 0.2) is 0 Å². The van der Waals surface area contributed by atoms with Crippen LogP contribution in [-0.4, -0.2) is 73.3 Å². The Morgan fingerprint density at radius 1 is 1.02 bits per heavy atom. The summed E-state index contributed by atoms with van der Waals surface area (Å²) in [6.45, 7) is 4.45. The van der Waals surface area contributed by atoms with Gasteiger partial charge >= 0.3 is 0 Å². The number of aliphatic hydroxyl groups is 1. The molecule has 1 unspecified atom stereocenters. The molecule has 0 saturated carbocycles. The van der Waals surface area contributed by atoms with Gasteiger partial charge in [0.05, 0.1) is 43.1 Å². The van der Waals surface area contributed by atoms with Crippen LogP contribution in [0.2, 0.25) is 0 Å². The van der Waals surface area contributed by atoms with Crippen LogP contribution >= 0.6 is 0 Å². The van der Waals surface area contributed by atoms with Crippen molar-refractivity contribution in [2.45, 2.75) is 19.2 Å². The summed E-state index contributed by atoms with van der Waals surface area (Å²) in [6, 6.07) is 21.0. The van der Waals surface area contributed by atoms with E-state index in [0.29, 0.717) is 19.7 Å². The lowest BCUT2D eigenvalue weighted by Gasteiger charge is -2.32. The third-order valence-electron chi connectivity index (χ3n) is 7.90. The van der Waals surface area contributed by atoms with Crippen LogP contribution in [0.15, 0.2) is 91.6 Å². The molecule has 1 aliphatic rings. The summed E-state index contributed by atoms with van der Waals surface area (Å²) in [7, 11) is 0. The van der Waals surface area contributed by atoms with E-state index in [1.807, 2.05) is 41.2 Å². The van der Waals surface area contributed by atoms with E-state index in [4.69, 9.17) is 4.74 Å². The minimum Gasteiger partial charge on any atom is -0.395 e. The lowest BCUT2D eigenvalue weighted by atomic mass is 10.1. The molecule has 6 aromatic rings. The van der Waals surface area contributed by atoms with Crippen LogP contribution in [0.3, 0.4) is 0 Å². The van der Waals surface area contributed by atoms with Gasteiger partial charge in [-0.1, -0.05) is 18.2 Å². The Morgan fingerprint density at radius 2 is 1.98 bits per heavy atom. The van der Waals surface area contributed by atoms with Gasteiger partial charge in [-0.15, -0.1) is 0 Å². The van der Waals surface area contributed by atoms with Gasteiger partial charge in [-0.2, -0.15) is 5.10 Å². The van der Waals surface area contributed by atoms with Gasteiger partial charge in [-0.3, -0.25) is 9.58 Å². The fourth-order valence-corrected chi connectivity index (χ4v) is 5.77. The average Bonchev–Trinajstić information content (AvgIpc) is 3.64. The van der Waals surface area contributed by atoms with Gasteiger partial charge in [0.25, 0.3) is 0 Å². The molecule has 9 nitrogen and oxygen atoms in total. The number of aromatic nitrogens is 5. The summed E-state index contributed by atoms with van der Waals surface area (Å²) < 4.78 is 23.7. The number of nitrogens with zero attached hydrogens (tertiary/aromatic N) is 6. The Bertz CT molecular complexity index is 1880. The van der Waals surface area contributed by atoms with E-state index in [1.54, 1.807) is 12.4 Å². The number of fused-ring (bicyclic) bond motifs is 2. The SMILES string of the molecule is OCCN1CCOC(Cn2ccc(-c3ccc4ncnc(Nc5ccc6c(cnn6Cc6cccc(F)c6)c5)c4c3)c2)C1. The monoisotopic (exact) mass is 577 g/mol. The summed E-state index contributed by atoms with van der Waals surface area (Å²) in [4.78, 5) is 11.3. The number of morpholine rings is 1. The van der Waals surface area contributed by atoms with Crippen molar-refractivity contribution in [1.29, 1.82) is 0 Å². The Balaban J connectivity index is 1.10. The van der Waals surface area contributed by atoms with Crippen molar-refractivity contribution in [3.8, 4) is 11.1 Å². The topological polar surface area (TPSA) is 93.3 Å². The highest BCUT2D eigenvalue weighted by Crippen LogP contribution is 2.30. The molecule has 4 heterocycles. The first-order chi connectivity index (χ1) is 21.1. The normalized spacial score (nSPS) is 15.8. The number of halogens is 1. The Kier molecular flexibility index (Phi) is 7.55. The van der Waals surface area contributed by atoms with E-state index >= 15 is 0 Å². The van der Waals surface area contributed by atoms with E-state index in [2.05, 4.69) is 60.4 Å². The summed E-state index contributed by atoms with van der Waals surface area (Å²) in [5.41, 5.74) is 5.74. The van der Waals surface area contributed by atoms with Crippen LogP contribution in [0.25, 0.3) is 32.9 Å². The molecule has 218 valence electrons. The first-order valence-corrected chi connectivity index (χ1v) is 14.4. The van der Waals surface area contributed by atoms with Crippen LogP contribution in [0.5, 0.6) is 0 Å². The molecule has 0 aliphatic carbocycles. The lowest BCUT2D eigenvalue weighted by Crippen LogP contribution is -2.45. The quantitative estimate of drug-likeness (QED) is 0.248. The average molecular weight is 578 g/mol. The minimum absolute atomic E-state index is 0.0899. The molecule has 2 N–H and O–H groups in total. The van der Waals surface area contributed by atoms with Crippen molar-refractivity contribution in [2.75, 3.05) is 38.2 Å². The fraction of sp³-hybridized carbons (Fsp3) is 0.242. The van der Waals surface area contributed by atoms with Gasteiger partial charge < -0.3 is 19.7 Å². The molecule has 0 radical (unpaired) electrons. The Labute approximate surface area is 248 Å². The molecule has 7 rings (SSSR count). The number of rotatable bonds is 9. The number of aliphatic hydroxyl groups excluding tert-OH is 1. The maximum absolute atomic E-state index is 13.7. The van der Waals surface area contributed by atoms with Crippen molar-refractivity contribution in [2.24, 2.45) is 0 Å². The zero-order valence-electron chi connectivity index (χ0n) is 23.6. The van der Waals surface area contributed by atoms with Gasteiger partial charge in [0.1, 0.15) is 18.0 Å². The third-order valence-corrected chi connectivity index (χ3v) is 7.90. The van der Waals surface area contributed by atoms with Crippen molar-refractivity contribution in [3.63, 3.8) is 0 Å². The van der Waals surface area contributed by atoms with Crippen LogP contribution in [-0.2, 0) is 17.8 Å². The third kappa shape index (κ3) is 5.98.